The third-order valence-electron chi connectivity index (χ3n) is 2.88. The number of rotatable bonds is 0. The Morgan fingerprint density at radius 1 is 1.33 bits per heavy atom. The van der Waals surface area contributed by atoms with Crippen LogP contribution in [0.3, 0.4) is 0 Å². The van der Waals surface area contributed by atoms with E-state index in [1.165, 1.54) is 7.05 Å². The molecule has 1 N–H and O–H groups in total. The summed E-state index contributed by atoms with van der Waals surface area (Å²) >= 11 is 0. The Kier molecular flexibility index (Phi) is 2.24. The molecule has 15 heavy (non-hydrogen) atoms. The number of alkyl halides is 3. The average molecular weight is 223 g/mol. The van der Waals surface area contributed by atoms with Crippen LogP contribution in [0.25, 0.3) is 0 Å². The molecule has 2 aliphatic rings. The molecule has 1 heterocycles. The van der Waals surface area contributed by atoms with Gasteiger partial charge in [0.15, 0.2) is 0 Å². The van der Waals surface area contributed by atoms with E-state index in [2.05, 4.69) is 4.84 Å². The van der Waals surface area contributed by atoms with Crippen molar-refractivity contribution in [1.29, 1.82) is 0 Å². The Morgan fingerprint density at radius 2 is 1.93 bits per heavy atom. The van der Waals surface area contributed by atoms with E-state index in [1.807, 2.05) is 0 Å². The highest BCUT2D eigenvalue weighted by Gasteiger charge is 2.63. The normalized spacial score (nSPS) is 32.2. The first-order valence-electron chi connectivity index (χ1n) is 4.81. The van der Waals surface area contributed by atoms with Gasteiger partial charge in [-0.2, -0.15) is 13.2 Å². The van der Waals surface area contributed by atoms with Gasteiger partial charge in [0.1, 0.15) is 0 Å². The van der Waals surface area contributed by atoms with Crippen LogP contribution in [0.15, 0.2) is 11.3 Å². The fourth-order valence-corrected chi connectivity index (χ4v) is 2.13. The van der Waals surface area contributed by atoms with Crippen molar-refractivity contribution in [3.63, 3.8) is 0 Å². The lowest BCUT2D eigenvalue weighted by molar-refractivity contribution is -0.385. The molecule has 0 spiro atoms. The Hall–Kier alpha value is -0.750. The molecule has 0 aromatic heterocycles. The van der Waals surface area contributed by atoms with Gasteiger partial charge in [-0.3, -0.25) is 5.06 Å². The molecule has 0 bridgehead atoms. The van der Waals surface area contributed by atoms with Crippen molar-refractivity contribution in [2.75, 3.05) is 7.05 Å². The molecular weight excluding hydrogens is 211 g/mol. The third kappa shape index (κ3) is 1.43. The molecule has 2 rings (SSSR count). The van der Waals surface area contributed by atoms with E-state index < -0.39 is 12.0 Å². The molecule has 3 nitrogen and oxygen atoms in total. The van der Waals surface area contributed by atoms with Crippen LogP contribution in [0.4, 0.5) is 13.2 Å². The monoisotopic (exact) mass is 223 g/mol. The first-order chi connectivity index (χ1) is 6.86. The summed E-state index contributed by atoms with van der Waals surface area (Å²) < 4.78 is 38.0. The van der Waals surface area contributed by atoms with Crippen LogP contribution in [-0.4, -0.2) is 29.2 Å². The molecule has 0 aromatic rings. The summed E-state index contributed by atoms with van der Waals surface area (Å²) in [6.45, 7) is 0. The zero-order chi connectivity index (χ0) is 11.3. The SMILES string of the molecule is CN1OC(O)(C(F)(F)F)C2=C1CCCC2. The molecule has 0 fully saturated rings. The van der Waals surface area contributed by atoms with E-state index in [0.717, 1.165) is 11.5 Å². The summed E-state index contributed by atoms with van der Waals surface area (Å²) in [4.78, 5) is 4.55. The molecule has 1 unspecified atom stereocenters. The first-order valence-corrected chi connectivity index (χ1v) is 4.81. The zero-order valence-electron chi connectivity index (χ0n) is 8.26. The van der Waals surface area contributed by atoms with Gasteiger partial charge in [0.05, 0.1) is 0 Å². The van der Waals surface area contributed by atoms with E-state index in [1.54, 1.807) is 0 Å². The molecular formula is C9H12F3NO2. The predicted molar refractivity (Wildman–Crippen MR) is 45.3 cm³/mol. The van der Waals surface area contributed by atoms with E-state index in [-0.39, 0.29) is 12.0 Å². The highest BCUT2D eigenvalue weighted by molar-refractivity contribution is 5.27. The highest BCUT2D eigenvalue weighted by atomic mass is 19.4. The molecule has 0 radical (unpaired) electrons. The van der Waals surface area contributed by atoms with Crippen LogP contribution in [0.5, 0.6) is 0 Å². The Balaban J connectivity index is 2.41. The molecule has 0 saturated heterocycles. The summed E-state index contributed by atoms with van der Waals surface area (Å²) in [6.07, 6.45) is -2.51. The fourth-order valence-electron chi connectivity index (χ4n) is 2.13. The maximum atomic E-state index is 12.7. The van der Waals surface area contributed by atoms with Crippen molar-refractivity contribution in [3.8, 4) is 0 Å². The number of hydrogen-bond acceptors (Lipinski definition) is 3. The minimum atomic E-state index is -4.78. The second-order valence-electron chi connectivity index (χ2n) is 3.86. The van der Waals surface area contributed by atoms with Gasteiger partial charge in [-0.05, 0) is 25.7 Å². The lowest BCUT2D eigenvalue weighted by atomic mass is 9.91. The lowest BCUT2D eigenvalue weighted by Gasteiger charge is -2.27. The summed E-state index contributed by atoms with van der Waals surface area (Å²) in [6, 6.07) is 0. The van der Waals surface area contributed by atoms with Gasteiger partial charge in [-0.25, -0.2) is 4.84 Å². The first kappa shape index (κ1) is 10.8. The van der Waals surface area contributed by atoms with Crippen LogP contribution in [-0.2, 0) is 4.84 Å². The number of allylic oxidation sites excluding steroid dienone is 1. The van der Waals surface area contributed by atoms with Crippen molar-refractivity contribution >= 4 is 0 Å². The van der Waals surface area contributed by atoms with Crippen molar-refractivity contribution in [3.05, 3.63) is 11.3 Å². The van der Waals surface area contributed by atoms with Crippen molar-refractivity contribution in [1.82, 2.24) is 5.06 Å². The lowest BCUT2D eigenvalue weighted by Crippen LogP contribution is -2.48. The molecule has 86 valence electrons. The summed E-state index contributed by atoms with van der Waals surface area (Å²) in [5.41, 5.74) is 0.449. The number of hydroxylamine groups is 2. The van der Waals surface area contributed by atoms with Gasteiger partial charge in [-0.15, -0.1) is 0 Å². The van der Waals surface area contributed by atoms with Gasteiger partial charge >= 0.3 is 12.0 Å². The molecule has 1 atom stereocenters. The Labute approximate surface area is 85.1 Å². The second-order valence-corrected chi connectivity index (χ2v) is 3.86. The Bertz CT molecular complexity index is 313. The number of nitrogens with zero attached hydrogens (tertiary/aromatic N) is 1. The largest absolute Gasteiger partial charge is 0.449 e. The third-order valence-corrected chi connectivity index (χ3v) is 2.88. The van der Waals surface area contributed by atoms with Gasteiger partial charge in [-0.1, -0.05) is 0 Å². The average Bonchev–Trinajstić information content (AvgIpc) is 2.41. The van der Waals surface area contributed by atoms with Crippen LogP contribution in [0.2, 0.25) is 0 Å². The summed E-state index contributed by atoms with van der Waals surface area (Å²) in [5.74, 6) is -3.10. The van der Waals surface area contributed by atoms with Crippen LogP contribution in [0.1, 0.15) is 25.7 Å². The quantitative estimate of drug-likeness (QED) is 0.681. The number of halogens is 3. The van der Waals surface area contributed by atoms with Gasteiger partial charge in [0.2, 0.25) is 0 Å². The smallest absolute Gasteiger partial charge is 0.353 e. The van der Waals surface area contributed by atoms with Crippen molar-refractivity contribution < 1.29 is 23.1 Å². The fraction of sp³-hybridized carbons (Fsp3) is 0.778. The molecule has 0 aromatic carbocycles. The molecule has 0 saturated carbocycles. The van der Waals surface area contributed by atoms with Gasteiger partial charge < -0.3 is 5.11 Å². The van der Waals surface area contributed by atoms with Crippen LogP contribution < -0.4 is 0 Å². The van der Waals surface area contributed by atoms with Crippen molar-refractivity contribution in [2.45, 2.75) is 37.6 Å². The summed E-state index contributed by atoms with van der Waals surface area (Å²) in [5, 5.41) is 10.6. The highest BCUT2D eigenvalue weighted by Crippen LogP contribution is 2.48. The molecule has 6 heteroatoms. The zero-order valence-corrected chi connectivity index (χ0v) is 8.26. The maximum Gasteiger partial charge on any atom is 0.449 e. The second kappa shape index (κ2) is 3.12. The Morgan fingerprint density at radius 3 is 2.53 bits per heavy atom. The van der Waals surface area contributed by atoms with Crippen LogP contribution in [0, 0.1) is 0 Å². The van der Waals surface area contributed by atoms with E-state index in [4.69, 9.17) is 0 Å². The van der Waals surface area contributed by atoms with Crippen molar-refractivity contribution in [2.24, 2.45) is 0 Å². The minimum Gasteiger partial charge on any atom is -0.353 e. The van der Waals surface area contributed by atoms with E-state index in [9.17, 15) is 18.3 Å². The molecule has 1 aliphatic heterocycles. The minimum absolute atomic E-state index is 0.0243. The predicted octanol–water partition coefficient (Wildman–Crippen LogP) is 1.94. The standard InChI is InChI=1S/C9H12F3NO2/c1-13-7-5-3-2-4-6(7)8(14,15-13)9(10,11)12/h14H,2-5H2,1H3. The topological polar surface area (TPSA) is 32.7 Å². The van der Waals surface area contributed by atoms with E-state index >= 15 is 0 Å². The number of aliphatic hydroxyl groups is 1. The maximum absolute atomic E-state index is 12.7. The molecule has 1 aliphatic carbocycles. The molecule has 0 amide bonds. The van der Waals surface area contributed by atoms with Gasteiger partial charge in [0.25, 0.3) is 0 Å². The summed E-state index contributed by atoms with van der Waals surface area (Å²) in [7, 11) is 1.39. The van der Waals surface area contributed by atoms with E-state index in [0.29, 0.717) is 18.5 Å². The number of hydrogen-bond donors (Lipinski definition) is 1. The van der Waals surface area contributed by atoms with Gasteiger partial charge in [0, 0.05) is 18.3 Å². The van der Waals surface area contributed by atoms with Crippen LogP contribution >= 0.6 is 0 Å².